The normalized spacial score (nSPS) is 33.3. The van der Waals surface area contributed by atoms with E-state index in [1.165, 1.54) is 42.2 Å². The van der Waals surface area contributed by atoms with E-state index in [2.05, 4.69) is 34.1 Å². The number of piperazine rings is 1. The maximum Gasteiger partial charge on any atom is 0.197 e. The summed E-state index contributed by atoms with van der Waals surface area (Å²) in [6.07, 6.45) is 7.51. The monoisotopic (exact) mass is 504 g/mol. The molecule has 6 atom stereocenters. The van der Waals surface area contributed by atoms with Crippen LogP contribution in [0.4, 0.5) is 5.82 Å². The largest absolute Gasteiger partial charge is 0.494 e. The van der Waals surface area contributed by atoms with Crippen molar-refractivity contribution in [1.29, 1.82) is 0 Å². The minimum absolute atomic E-state index is 0.389. The molecule has 4 bridgehead atoms. The van der Waals surface area contributed by atoms with E-state index in [1.54, 1.807) is 11.5 Å². The molecular weight excluding hydrogens is 468 g/mol. The second kappa shape index (κ2) is 8.12. The van der Waals surface area contributed by atoms with E-state index in [9.17, 15) is 10.2 Å². The molecule has 1 saturated heterocycles. The highest BCUT2D eigenvalue weighted by atomic mass is 32.1. The Morgan fingerprint density at radius 1 is 0.806 bits per heavy atom. The Bertz CT molecular complexity index is 1270. The summed E-state index contributed by atoms with van der Waals surface area (Å²) in [4.78, 5) is 5.15. The Hall–Kier alpha value is -2.25. The Morgan fingerprint density at radius 3 is 2.19 bits per heavy atom. The standard InChI is InChI=1S/C29H36N4O2S/c34-28-25-19-7-8-20(14-19)26(25)29(35)33(28)16-23-18-6-5-17(13-18)22(23)15-31-9-11-32(12-10-31)27-21-3-1-2-4-24(21)36-30-27/h1-4,17-20,22-23,34-35H,5-16H2. The highest BCUT2D eigenvalue weighted by Crippen LogP contribution is 2.61. The summed E-state index contributed by atoms with van der Waals surface area (Å²) >= 11 is 1.61. The predicted octanol–water partition coefficient (Wildman–Crippen LogP) is 5.36. The molecule has 3 saturated carbocycles. The van der Waals surface area contributed by atoms with Crippen molar-refractivity contribution < 1.29 is 10.2 Å². The van der Waals surface area contributed by atoms with Crippen LogP contribution in [-0.4, -0.2) is 56.8 Å². The van der Waals surface area contributed by atoms with Crippen LogP contribution in [0.1, 0.15) is 61.5 Å². The van der Waals surface area contributed by atoms with Crippen LogP contribution in [-0.2, 0) is 6.54 Å². The number of fused-ring (bicyclic) bond motifs is 8. The van der Waals surface area contributed by atoms with Crippen molar-refractivity contribution >= 4 is 27.4 Å². The fourth-order valence-electron chi connectivity index (χ4n) is 8.97. The number of rotatable bonds is 5. The molecular formula is C29H36N4O2S. The average molecular weight is 505 g/mol. The number of anilines is 1. The number of hydrogen-bond donors (Lipinski definition) is 2. The van der Waals surface area contributed by atoms with Crippen LogP contribution in [0, 0.1) is 23.7 Å². The Kier molecular flexibility index (Phi) is 4.92. The van der Waals surface area contributed by atoms with Crippen molar-refractivity contribution in [2.75, 3.05) is 37.6 Å². The number of aromatic hydroxyl groups is 2. The molecule has 2 N–H and O–H groups in total. The first-order valence-corrected chi connectivity index (χ1v) is 14.9. The van der Waals surface area contributed by atoms with E-state index in [4.69, 9.17) is 4.37 Å². The second-order valence-corrected chi connectivity index (χ2v) is 13.0. The first-order chi connectivity index (χ1) is 17.7. The van der Waals surface area contributed by atoms with Gasteiger partial charge in [-0.05, 0) is 97.7 Å². The van der Waals surface area contributed by atoms with Gasteiger partial charge in [-0.15, -0.1) is 0 Å². The van der Waals surface area contributed by atoms with Crippen LogP contribution in [0.5, 0.6) is 11.8 Å². The number of hydrogen-bond acceptors (Lipinski definition) is 6. The summed E-state index contributed by atoms with van der Waals surface area (Å²) in [5.41, 5.74) is 2.18. The van der Waals surface area contributed by atoms with E-state index >= 15 is 0 Å². The predicted molar refractivity (Wildman–Crippen MR) is 143 cm³/mol. The van der Waals surface area contributed by atoms with Crippen molar-refractivity contribution in [3.8, 4) is 11.8 Å². The van der Waals surface area contributed by atoms with E-state index in [0.717, 1.165) is 74.5 Å². The molecule has 7 heteroatoms. The third-order valence-electron chi connectivity index (χ3n) is 10.7. The first kappa shape index (κ1) is 21.8. The highest BCUT2D eigenvalue weighted by Gasteiger charge is 2.50. The lowest BCUT2D eigenvalue weighted by Crippen LogP contribution is -2.49. The molecule has 0 amide bonds. The highest BCUT2D eigenvalue weighted by molar-refractivity contribution is 7.13. The van der Waals surface area contributed by atoms with Crippen molar-refractivity contribution in [1.82, 2.24) is 13.8 Å². The Balaban J connectivity index is 0.979. The van der Waals surface area contributed by atoms with Gasteiger partial charge in [0.2, 0.25) is 0 Å². The van der Waals surface area contributed by atoms with Crippen molar-refractivity contribution in [2.24, 2.45) is 23.7 Å². The van der Waals surface area contributed by atoms with Crippen LogP contribution >= 0.6 is 11.5 Å². The lowest BCUT2D eigenvalue weighted by molar-refractivity contribution is 0.122. The zero-order valence-corrected chi connectivity index (χ0v) is 21.7. The topological polar surface area (TPSA) is 64.8 Å². The molecule has 3 aromatic rings. The quantitative estimate of drug-likeness (QED) is 0.490. The van der Waals surface area contributed by atoms with Crippen LogP contribution in [0.25, 0.3) is 10.1 Å². The molecule has 5 aliphatic rings. The average Bonchev–Trinajstić information content (AvgIpc) is 3.74. The van der Waals surface area contributed by atoms with Crippen LogP contribution < -0.4 is 4.90 Å². The van der Waals surface area contributed by atoms with Gasteiger partial charge >= 0.3 is 0 Å². The molecule has 8 rings (SSSR count). The van der Waals surface area contributed by atoms with Crippen molar-refractivity contribution in [3.05, 3.63) is 35.4 Å². The smallest absolute Gasteiger partial charge is 0.197 e. The van der Waals surface area contributed by atoms with E-state index in [1.807, 2.05) is 4.57 Å². The molecule has 2 aromatic heterocycles. The lowest BCUT2D eigenvalue weighted by Gasteiger charge is -2.40. The lowest BCUT2D eigenvalue weighted by atomic mass is 9.78. The van der Waals surface area contributed by atoms with Crippen molar-refractivity contribution in [3.63, 3.8) is 0 Å². The van der Waals surface area contributed by atoms with Gasteiger partial charge in [0.25, 0.3) is 0 Å². The van der Waals surface area contributed by atoms with Crippen LogP contribution in [0.3, 0.4) is 0 Å². The maximum atomic E-state index is 11.2. The number of benzene rings is 1. The zero-order valence-electron chi connectivity index (χ0n) is 20.9. The minimum Gasteiger partial charge on any atom is -0.494 e. The van der Waals surface area contributed by atoms with Gasteiger partial charge < -0.3 is 15.1 Å². The molecule has 0 radical (unpaired) electrons. The van der Waals surface area contributed by atoms with Crippen LogP contribution in [0.15, 0.2) is 24.3 Å². The molecule has 36 heavy (non-hydrogen) atoms. The number of nitrogens with zero attached hydrogens (tertiary/aromatic N) is 4. The summed E-state index contributed by atoms with van der Waals surface area (Å²) < 4.78 is 7.98. The molecule has 4 fully saturated rings. The molecule has 6 unspecified atom stereocenters. The summed E-state index contributed by atoms with van der Waals surface area (Å²) in [5, 5.41) is 23.6. The van der Waals surface area contributed by atoms with Gasteiger partial charge in [-0.2, -0.15) is 4.37 Å². The Morgan fingerprint density at radius 2 is 1.47 bits per heavy atom. The third kappa shape index (κ3) is 3.14. The fraction of sp³-hybridized carbons (Fsp3) is 0.621. The van der Waals surface area contributed by atoms with E-state index in [0.29, 0.717) is 35.4 Å². The molecule has 190 valence electrons. The summed E-state index contributed by atoms with van der Waals surface area (Å²) in [6.45, 7) is 6.20. The third-order valence-corrected chi connectivity index (χ3v) is 11.5. The molecule has 1 aromatic carbocycles. The van der Waals surface area contributed by atoms with Crippen LogP contribution in [0.2, 0.25) is 0 Å². The minimum atomic E-state index is 0.389. The summed E-state index contributed by atoms with van der Waals surface area (Å²) in [5.74, 6) is 5.67. The molecule has 1 aliphatic heterocycles. The summed E-state index contributed by atoms with van der Waals surface area (Å²) in [6, 6.07) is 8.58. The molecule has 6 nitrogen and oxygen atoms in total. The van der Waals surface area contributed by atoms with Gasteiger partial charge in [-0.25, -0.2) is 0 Å². The first-order valence-electron chi connectivity index (χ1n) is 14.1. The van der Waals surface area contributed by atoms with Gasteiger partial charge in [0, 0.05) is 55.8 Å². The molecule has 0 spiro atoms. The van der Waals surface area contributed by atoms with Gasteiger partial charge in [0.15, 0.2) is 11.8 Å². The molecule has 3 heterocycles. The van der Waals surface area contributed by atoms with E-state index < -0.39 is 0 Å². The zero-order chi connectivity index (χ0) is 24.0. The van der Waals surface area contributed by atoms with Gasteiger partial charge in [-0.3, -0.25) is 9.47 Å². The Labute approximate surface area is 216 Å². The van der Waals surface area contributed by atoms with Crippen molar-refractivity contribution in [2.45, 2.75) is 56.9 Å². The second-order valence-electron chi connectivity index (χ2n) is 12.2. The summed E-state index contributed by atoms with van der Waals surface area (Å²) in [7, 11) is 0. The van der Waals surface area contributed by atoms with Gasteiger partial charge in [0.1, 0.15) is 5.82 Å². The fourth-order valence-corrected chi connectivity index (χ4v) is 9.76. The maximum absolute atomic E-state index is 11.2. The molecule has 4 aliphatic carbocycles. The van der Waals surface area contributed by atoms with Gasteiger partial charge in [-0.1, -0.05) is 12.1 Å². The SMILES string of the molecule is Oc1c2c(c(O)n1CC1C3CCC(C3)C1CN1CCN(c3nsc4ccccc34)CC1)C1CCC2C1. The number of aromatic nitrogens is 2. The van der Waals surface area contributed by atoms with Gasteiger partial charge in [0.05, 0.1) is 4.70 Å². The van der Waals surface area contributed by atoms with E-state index in [-0.39, 0.29) is 0 Å².